The molecule has 4 heteroatoms. The highest BCUT2D eigenvalue weighted by atomic mass is 35.5. The number of rotatable bonds is 2. The summed E-state index contributed by atoms with van der Waals surface area (Å²) < 4.78 is 0. The van der Waals surface area contributed by atoms with Crippen molar-refractivity contribution in [2.75, 3.05) is 0 Å². The van der Waals surface area contributed by atoms with Crippen LogP contribution >= 0.6 is 11.6 Å². The molecule has 0 aliphatic heterocycles. The van der Waals surface area contributed by atoms with E-state index < -0.39 is 0 Å². The number of hydrogen-bond acceptors (Lipinski definition) is 3. The molecule has 16 heavy (non-hydrogen) atoms. The molecule has 1 aromatic carbocycles. The van der Waals surface area contributed by atoms with Crippen molar-refractivity contribution in [3.63, 3.8) is 0 Å². The third-order valence-corrected chi connectivity index (χ3v) is 2.34. The molecule has 0 aliphatic carbocycles. The molecule has 2 aromatic rings. The molecule has 0 bridgehead atoms. The minimum Gasteiger partial charge on any atom is -0.262 e. The van der Waals surface area contributed by atoms with E-state index in [4.69, 9.17) is 11.6 Å². The Morgan fingerprint density at radius 2 is 2.19 bits per heavy atom. The van der Waals surface area contributed by atoms with Gasteiger partial charge in [-0.3, -0.25) is 4.98 Å². The second-order valence-corrected chi connectivity index (χ2v) is 3.54. The smallest absolute Gasteiger partial charge is 0.240 e. The van der Waals surface area contributed by atoms with E-state index in [1.165, 1.54) is 12.3 Å². The lowest BCUT2D eigenvalue weighted by Gasteiger charge is -2.03. The maximum absolute atomic E-state index is 10.3. The Balaban J connectivity index is 2.59. The minimum absolute atomic E-state index is 0.486. The molecule has 0 N–H and O–H groups in total. The number of aromatic nitrogens is 1. The first-order chi connectivity index (χ1) is 7.81. The molecular formula is C12H7ClN2O. The van der Waals surface area contributed by atoms with E-state index in [2.05, 4.69) is 9.98 Å². The average molecular weight is 231 g/mol. The standard InChI is InChI=1S/C12H7ClN2O/c13-10-3-1-2-9(6-10)11-4-5-14-7-12(11)15-8-16/h1-7H. The first-order valence-electron chi connectivity index (χ1n) is 4.59. The molecule has 0 aliphatic rings. The Kier molecular flexibility index (Phi) is 3.10. The van der Waals surface area contributed by atoms with Crippen molar-refractivity contribution < 1.29 is 4.79 Å². The van der Waals surface area contributed by atoms with Gasteiger partial charge in [-0.25, -0.2) is 4.79 Å². The van der Waals surface area contributed by atoms with Crippen LogP contribution in [0.2, 0.25) is 5.02 Å². The Morgan fingerprint density at radius 3 is 2.94 bits per heavy atom. The van der Waals surface area contributed by atoms with Gasteiger partial charge in [0.15, 0.2) is 0 Å². The van der Waals surface area contributed by atoms with Crippen molar-refractivity contribution in [3.05, 3.63) is 47.7 Å². The molecule has 1 heterocycles. The summed E-state index contributed by atoms with van der Waals surface area (Å²) in [5, 5.41) is 0.635. The van der Waals surface area contributed by atoms with Gasteiger partial charge in [0.2, 0.25) is 6.08 Å². The van der Waals surface area contributed by atoms with Crippen molar-refractivity contribution in [2.45, 2.75) is 0 Å². The highest BCUT2D eigenvalue weighted by molar-refractivity contribution is 6.30. The Morgan fingerprint density at radius 1 is 1.31 bits per heavy atom. The van der Waals surface area contributed by atoms with Gasteiger partial charge in [-0.2, -0.15) is 4.99 Å². The molecule has 78 valence electrons. The molecule has 2 rings (SSSR count). The van der Waals surface area contributed by atoms with E-state index >= 15 is 0 Å². The predicted molar refractivity (Wildman–Crippen MR) is 62.5 cm³/mol. The molecule has 0 unspecified atom stereocenters. The van der Waals surface area contributed by atoms with Crippen LogP contribution in [0.4, 0.5) is 5.69 Å². The quantitative estimate of drug-likeness (QED) is 0.586. The number of halogens is 1. The zero-order chi connectivity index (χ0) is 11.4. The fourth-order valence-corrected chi connectivity index (χ4v) is 1.61. The van der Waals surface area contributed by atoms with Crippen LogP contribution < -0.4 is 0 Å². The lowest BCUT2D eigenvalue weighted by atomic mass is 10.1. The molecule has 0 fully saturated rings. The minimum atomic E-state index is 0.486. The zero-order valence-corrected chi connectivity index (χ0v) is 8.98. The first kappa shape index (κ1) is 10.6. The topological polar surface area (TPSA) is 42.3 Å². The molecule has 0 spiro atoms. The van der Waals surface area contributed by atoms with Crippen molar-refractivity contribution in [1.29, 1.82) is 0 Å². The highest BCUT2D eigenvalue weighted by Gasteiger charge is 2.04. The van der Waals surface area contributed by atoms with Gasteiger partial charge in [0.05, 0.1) is 6.20 Å². The summed E-state index contributed by atoms with van der Waals surface area (Å²) in [5.74, 6) is 0. The van der Waals surface area contributed by atoms with Gasteiger partial charge in [-0.1, -0.05) is 23.7 Å². The van der Waals surface area contributed by atoms with Crippen LogP contribution in [0.5, 0.6) is 0 Å². The van der Waals surface area contributed by atoms with Gasteiger partial charge in [-0.15, -0.1) is 0 Å². The van der Waals surface area contributed by atoms with Gasteiger partial charge < -0.3 is 0 Å². The molecule has 0 atom stereocenters. The number of pyridine rings is 1. The van der Waals surface area contributed by atoms with E-state index in [9.17, 15) is 4.79 Å². The summed E-state index contributed by atoms with van der Waals surface area (Å²) in [5.41, 5.74) is 2.18. The van der Waals surface area contributed by atoms with Crippen LogP contribution in [0.1, 0.15) is 0 Å². The van der Waals surface area contributed by atoms with Crippen LogP contribution in [-0.2, 0) is 4.79 Å². The maximum atomic E-state index is 10.3. The van der Waals surface area contributed by atoms with E-state index in [0.29, 0.717) is 10.7 Å². The molecular weight excluding hydrogens is 224 g/mol. The summed E-state index contributed by atoms with van der Waals surface area (Å²) in [6.45, 7) is 0. The fourth-order valence-electron chi connectivity index (χ4n) is 1.42. The first-order valence-corrected chi connectivity index (χ1v) is 4.97. The van der Waals surface area contributed by atoms with Crippen molar-refractivity contribution in [3.8, 4) is 11.1 Å². The monoisotopic (exact) mass is 230 g/mol. The van der Waals surface area contributed by atoms with Crippen LogP contribution in [0.3, 0.4) is 0 Å². The number of carbonyl (C=O) groups excluding carboxylic acids is 1. The van der Waals surface area contributed by atoms with Crippen molar-refractivity contribution >= 4 is 23.4 Å². The number of aliphatic imine (C=N–C) groups is 1. The van der Waals surface area contributed by atoms with E-state index in [1.807, 2.05) is 12.1 Å². The average Bonchev–Trinajstić information content (AvgIpc) is 2.30. The van der Waals surface area contributed by atoms with E-state index in [0.717, 1.165) is 11.1 Å². The SMILES string of the molecule is O=C=Nc1cnccc1-c1cccc(Cl)c1. The van der Waals surface area contributed by atoms with Crippen molar-refractivity contribution in [1.82, 2.24) is 4.98 Å². The molecule has 1 aromatic heterocycles. The molecule has 0 radical (unpaired) electrons. The van der Waals surface area contributed by atoms with Gasteiger partial charge in [-0.05, 0) is 23.8 Å². The molecule has 0 amide bonds. The summed E-state index contributed by atoms with van der Waals surface area (Å²) >= 11 is 5.90. The van der Waals surface area contributed by atoms with Crippen LogP contribution in [-0.4, -0.2) is 11.1 Å². The van der Waals surface area contributed by atoms with Crippen LogP contribution in [0.25, 0.3) is 11.1 Å². The highest BCUT2D eigenvalue weighted by Crippen LogP contribution is 2.30. The number of nitrogens with zero attached hydrogens (tertiary/aromatic N) is 2. The lowest BCUT2D eigenvalue weighted by Crippen LogP contribution is -1.80. The van der Waals surface area contributed by atoms with E-state index in [1.54, 1.807) is 24.4 Å². The summed E-state index contributed by atoms with van der Waals surface area (Å²) in [4.78, 5) is 17.8. The van der Waals surface area contributed by atoms with Gasteiger partial charge >= 0.3 is 0 Å². The molecule has 0 saturated carbocycles. The van der Waals surface area contributed by atoms with Gasteiger partial charge in [0, 0.05) is 16.8 Å². The lowest BCUT2D eigenvalue weighted by molar-refractivity contribution is 0.565. The molecule has 0 saturated heterocycles. The predicted octanol–water partition coefficient (Wildman–Crippen LogP) is 3.37. The zero-order valence-electron chi connectivity index (χ0n) is 8.22. The van der Waals surface area contributed by atoms with Crippen LogP contribution in [0.15, 0.2) is 47.7 Å². The normalized spacial score (nSPS) is 9.56. The number of hydrogen-bond donors (Lipinski definition) is 0. The summed E-state index contributed by atoms with van der Waals surface area (Å²) in [7, 11) is 0. The summed E-state index contributed by atoms with van der Waals surface area (Å²) in [6.07, 6.45) is 4.66. The van der Waals surface area contributed by atoms with Gasteiger partial charge in [0.25, 0.3) is 0 Å². The van der Waals surface area contributed by atoms with Gasteiger partial charge in [0.1, 0.15) is 5.69 Å². The summed E-state index contributed by atoms with van der Waals surface area (Å²) in [6, 6.07) is 9.11. The largest absolute Gasteiger partial charge is 0.262 e. The second-order valence-electron chi connectivity index (χ2n) is 3.11. The number of benzene rings is 1. The van der Waals surface area contributed by atoms with Crippen molar-refractivity contribution in [2.24, 2.45) is 4.99 Å². The Hall–Kier alpha value is -1.96. The third-order valence-electron chi connectivity index (χ3n) is 2.10. The Bertz CT molecular complexity index is 562. The third kappa shape index (κ3) is 2.16. The second kappa shape index (κ2) is 4.71. The van der Waals surface area contributed by atoms with Crippen LogP contribution in [0, 0.1) is 0 Å². The molecule has 3 nitrogen and oxygen atoms in total. The van der Waals surface area contributed by atoms with E-state index in [-0.39, 0.29) is 0 Å². The Labute approximate surface area is 97.4 Å². The maximum Gasteiger partial charge on any atom is 0.240 e. The number of isocyanates is 1. The fraction of sp³-hybridized carbons (Fsp3) is 0.